The standard InChI is InChI=1S/C15H15Cl2NO3S/c16-14-7-6-13(9-15(14)17)22(20,21)18-12(10-19)8-11-4-2-1-3-5-11/h1-7,9,12,18-19H,8,10H2. The molecule has 0 aliphatic heterocycles. The number of hydrogen-bond acceptors (Lipinski definition) is 3. The number of nitrogens with one attached hydrogen (secondary N) is 1. The van der Waals surface area contributed by atoms with Crippen LogP contribution in [0.5, 0.6) is 0 Å². The fraction of sp³-hybridized carbons (Fsp3) is 0.200. The zero-order valence-electron chi connectivity index (χ0n) is 11.5. The molecule has 0 spiro atoms. The first-order chi connectivity index (χ1) is 10.4. The van der Waals surface area contributed by atoms with Crippen molar-refractivity contribution in [3.05, 3.63) is 64.1 Å². The van der Waals surface area contributed by atoms with E-state index in [0.29, 0.717) is 6.42 Å². The molecule has 0 fully saturated rings. The van der Waals surface area contributed by atoms with Gasteiger partial charge in [-0.1, -0.05) is 53.5 Å². The first kappa shape index (κ1) is 17.2. The van der Waals surface area contributed by atoms with Crippen LogP contribution in [-0.4, -0.2) is 26.2 Å². The Morgan fingerprint density at radius 2 is 1.73 bits per heavy atom. The number of aliphatic hydroxyl groups is 1. The Morgan fingerprint density at radius 1 is 1.05 bits per heavy atom. The topological polar surface area (TPSA) is 66.4 Å². The van der Waals surface area contributed by atoms with Crippen LogP contribution in [0, 0.1) is 0 Å². The summed E-state index contributed by atoms with van der Waals surface area (Å²) in [7, 11) is -3.78. The average molecular weight is 360 g/mol. The van der Waals surface area contributed by atoms with Gasteiger partial charge in [-0.3, -0.25) is 0 Å². The number of benzene rings is 2. The molecule has 1 unspecified atom stereocenters. The van der Waals surface area contributed by atoms with E-state index in [1.807, 2.05) is 30.3 Å². The highest BCUT2D eigenvalue weighted by atomic mass is 35.5. The smallest absolute Gasteiger partial charge is 0.240 e. The van der Waals surface area contributed by atoms with Crippen LogP contribution >= 0.6 is 23.2 Å². The number of halogens is 2. The highest BCUT2D eigenvalue weighted by Crippen LogP contribution is 2.24. The third-order valence-electron chi connectivity index (χ3n) is 3.07. The molecule has 2 aromatic carbocycles. The number of aliphatic hydroxyl groups excluding tert-OH is 1. The van der Waals surface area contributed by atoms with Crippen LogP contribution in [-0.2, 0) is 16.4 Å². The molecular weight excluding hydrogens is 345 g/mol. The summed E-state index contributed by atoms with van der Waals surface area (Å²) in [5.74, 6) is 0. The summed E-state index contributed by atoms with van der Waals surface area (Å²) >= 11 is 11.6. The van der Waals surface area contributed by atoms with Gasteiger partial charge in [0, 0.05) is 6.04 Å². The summed E-state index contributed by atoms with van der Waals surface area (Å²) in [6.45, 7) is -0.310. The summed E-state index contributed by atoms with van der Waals surface area (Å²) in [5, 5.41) is 9.86. The highest BCUT2D eigenvalue weighted by molar-refractivity contribution is 7.89. The lowest BCUT2D eigenvalue weighted by atomic mass is 10.1. The molecule has 1 atom stereocenters. The van der Waals surface area contributed by atoms with Gasteiger partial charge in [-0.25, -0.2) is 13.1 Å². The van der Waals surface area contributed by atoms with Crippen molar-refractivity contribution in [3.63, 3.8) is 0 Å². The predicted octanol–water partition coefficient (Wildman–Crippen LogP) is 2.88. The molecule has 2 aromatic rings. The molecule has 2 rings (SSSR count). The van der Waals surface area contributed by atoms with Crippen LogP contribution in [0.3, 0.4) is 0 Å². The second-order valence-corrected chi connectivity index (χ2v) is 7.29. The second-order valence-electron chi connectivity index (χ2n) is 4.77. The van der Waals surface area contributed by atoms with E-state index in [0.717, 1.165) is 5.56 Å². The predicted molar refractivity (Wildman–Crippen MR) is 87.8 cm³/mol. The van der Waals surface area contributed by atoms with Crippen molar-refractivity contribution in [2.75, 3.05) is 6.61 Å². The van der Waals surface area contributed by atoms with Gasteiger partial charge < -0.3 is 5.11 Å². The fourth-order valence-corrected chi connectivity index (χ4v) is 3.59. The van der Waals surface area contributed by atoms with Crippen molar-refractivity contribution in [3.8, 4) is 0 Å². The molecule has 0 heterocycles. The second kappa shape index (κ2) is 7.44. The zero-order valence-corrected chi connectivity index (χ0v) is 13.9. The molecular formula is C15H15Cl2NO3S. The molecule has 2 N–H and O–H groups in total. The SMILES string of the molecule is O=S(=O)(NC(CO)Cc1ccccc1)c1ccc(Cl)c(Cl)c1. The van der Waals surface area contributed by atoms with Gasteiger partial charge in [-0.05, 0) is 30.2 Å². The lowest BCUT2D eigenvalue weighted by molar-refractivity contribution is 0.256. The van der Waals surface area contributed by atoms with Gasteiger partial charge in [0.2, 0.25) is 10.0 Å². The van der Waals surface area contributed by atoms with Crippen LogP contribution < -0.4 is 4.72 Å². The lowest BCUT2D eigenvalue weighted by Gasteiger charge is -2.17. The number of rotatable bonds is 6. The summed E-state index contributed by atoms with van der Waals surface area (Å²) in [6, 6.07) is 12.8. The minimum absolute atomic E-state index is 0.00779. The van der Waals surface area contributed by atoms with E-state index in [2.05, 4.69) is 4.72 Å². The maximum absolute atomic E-state index is 12.3. The van der Waals surface area contributed by atoms with Crippen LogP contribution in [0.25, 0.3) is 0 Å². The van der Waals surface area contributed by atoms with Crippen LogP contribution in [0.2, 0.25) is 10.0 Å². The van der Waals surface area contributed by atoms with E-state index in [9.17, 15) is 13.5 Å². The summed E-state index contributed by atoms with van der Waals surface area (Å²) in [6.07, 6.45) is 0.387. The number of hydrogen-bond donors (Lipinski definition) is 2. The van der Waals surface area contributed by atoms with Gasteiger partial charge >= 0.3 is 0 Å². The molecule has 0 saturated carbocycles. The van der Waals surface area contributed by atoms with Crippen molar-refractivity contribution in [1.82, 2.24) is 4.72 Å². The monoisotopic (exact) mass is 359 g/mol. The van der Waals surface area contributed by atoms with Crippen LogP contribution in [0.15, 0.2) is 53.4 Å². The Labute approximate surface area is 139 Å². The van der Waals surface area contributed by atoms with E-state index in [-0.39, 0.29) is 21.5 Å². The van der Waals surface area contributed by atoms with Gasteiger partial charge in [-0.2, -0.15) is 0 Å². The molecule has 0 aliphatic carbocycles. The molecule has 0 radical (unpaired) electrons. The van der Waals surface area contributed by atoms with Crippen LogP contribution in [0.4, 0.5) is 0 Å². The van der Waals surface area contributed by atoms with E-state index in [1.54, 1.807) is 0 Å². The Morgan fingerprint density at radius 3 is 2.32 bits per heavy atom. The molecule has 22 heavy (non-hydrogen) atoms. The summed E-state index contributed by atoms with van der Waals surface area (Å²) in [4.78, 5) is 0.00779. The molecule has 7 heteroatoms. The average Bonchev–Trinajstić information content (AvgIpc) is 2.50. The molecule has 0 amide bonds. The maximum Gasteiger partial charge on any atom is 0.240 e. The minimum Gasteiger partial charge on any atom is -0.395 e. The van der Waals surface area contributed by atoms with Crippen molar-refractivity contribution in [1.29, 1.82) is 0 Å². The first-order valence-electron chi connectivity index (χ1n) is 6.54. The number of sulfonamides is 1. The quantitative estimate of drug-likeness (QED) is 0.833. The molecule has 0 aliphatic rings. The highest BCUT2D eigenvalue weighted by Gasteiger charge is 2.20. The largest absolute Gasteiger partial charge is 0.395 e. The van der Waals surface area contributed by atoms with Crippen molar-refractivity contribution in [2.45, 2.75) is 17.4 Å². The Hall–Kier alpha value is -1.11. The van der Waals surface area contributed by atoms with Crippen molar-refractivity contribution < 1.29 is 13.5 Å². The Balaban J connectivity index is 2.16. The Bertz CT molecular complexity index is 736. The van der Waals surface area contributed by atoms with E-state index in [4.69, 9.17) is 23.2 Å². The van der Waals surface area contributed by atoms with E-state index < -0.39 is 16.1 Å². The molecule has 0 bridgehead atoms. The third kappa shape index (κ3) is 4.44. The lowest BCUT2D eigenvalue weighted by Crippen LogP contribution is -2.39. The van der Waals surface area contributed by atoms with Gasteiger partial charge in [0.25, 0.3) is 0 Å². The van der Waals surface area contributed by atoms with Crippen molar-refractivity contribution in [2.24, 2.45) is 0 Å². The minimum atomic E-state index is -3.78. The molecule has 118 valence electrons. The normalized spacial score (nSPS) is 13.0. The van der Waals surface area contributed by atoms with Gasteiger partial charge in [0.15, 0.2) is 0 Å². The zero-order chi connectivity index (χ0) is 16.2. The van der Waals surface area contributed by atoms with Crippen molar-refractivity contribution >= 4 is 33.2 Å². The van der Waals surface area contributed by atoms with E-state index >= 15 is 0 Å². The summed E-state index contributed by atoms with van der Waals surface area (Å²) in [5.41, 5.74) is 0.929. The van der Waals surface area contributed by atoms with E-state index in [1.165, 1.54) is 18.2 Å². The third-order valence-corrected chi connectivity index (χ3v) is 5.33. The molecule has 0 saturated heterocycles. The molecule has 0 aromatic heterocycles. The summed E-state index contributed by atoms with van der Waals surface area (Å²) < 4.78 is 27.1. The van der Waals surface area contributed by atoms with Crippen LogP contribution in [0.1, 0.15) is 5.56 Å². The van der Waals surface area contributed by atoms with Gasteiger partial charge in [0.1, 0.15) is 0 Å². The molecule has 4 nitrogen and oxygen atoms in total. The maximum atomic E-state index is 12.3. The Kier molecular flexibility index (Phi) is 5.83. The fourth-order valence-electron chi connectivity index (χ4n) is 1.97. The van der Waals surface area contributed by atoms with Gasteiger partial charge in [-0.15, -0.1) is 0 Å². The first-order valence-corrected chi connectivity index (χ1v) is 8.78. The van der Waals surface area contributed by atoms with Gasteiger partial charge in [0.05, 0.1) is 21.5 Å².